The summed E-state index contributed by atoms with van der Waals surface area (Å²) in [5, 5.41) is 6.14. The first-order valence-electron chi connectivity index (χ1n) is 9.13. The van der Waals surface area contributed by atoms with Gasteiger partial charge in [0, 0.05) is 19.2 Å². The molecular formula is C19H21FN6O2. The number of fused-ring (bicyclic) bond motifs is 3. The number of anilines is 1. The quantitative estimate of drug-likeness (QED) is 0.692. The van der Waals surface area contributed by atoms with E-state index in [1.54, 1.807) is 41.7 Å². The standard InChI is InChI=1S/C19H21FN6O2/c1-5-24-17(27)15-16(23(4)19(24)28)21-18-25(22-11(2)12(3)26(15)18)10-13-8-6-7-9-14(13)20/h6-9,12H,5,10H2,1-4H3/t12-/m1/s1. The fraction of sp³-hybridized carbons (Fsp3) is 0.368. The molecule has 0 unspecified atom stereocenters. The van der Waals surface area contributed by atoms with Gasteiger partial charge < -0.3 is 0 Å². The second kappa shape index (κ2) is 6.43. The summed E-state index contributed by atoms with van der Waals surface area (Å²) in [7, 11) is 1.59. The van der Waals surface area contributed by atoms with E-state index in [4.69, 9.17) is 0 Å². The summed E-state index contributed by atoms with van der Waals surface area (Å²) in [6.45, 7) is 5.96. The van der Waals surface area contributed by atoms with Crippen molar-refractivity contribution in [1.29, 1.82) is 0 Å². The smallest absolute Gasteiger partial charge is 0.294 e. The Kier molecular flexibility index (Phi) is 4.17. The summed E-state index contributed by atoms with van der Waals surface area (Å²) in [6.07, 6.45) is 0. The Hall–Kier alpha value is -3.23. The SMILES string of the molecule is CCn1c(=O)c2c(nc3n2[C@H](C)C(C)=NN3Cc2ccccc2F)n(C)c1=O. The Morgan fingerprint density at radius 1 is 1.21 bits per heavy atom. The lowest BCUT2D eigenvalue weighted by atomic mass is 10.2. The Bertz CT molecular complexity index is 1240. The molecule has 3 heterocycles. The van der Waals surface area contributed by atoms with Gasteiger partial charge in [-0.25, -0.2) is 14.2 Å². The molecule has 0 radical (unpaired) electrons. The number of hydrogen-bond donors (Lipinski definition) is 0. The third-order valence-electron chi connectivity index (χ3n) is 5.25. The third kappa shape index (κ3) is 2.49. The van der Waals surface area contributed by atoms with Gasteiger partial charge in [0.2, 0.25) is 5.95 Å². The normalized spacial score (nSPS) is 16.4. The zero-order valence-corrected chi connectivity index (χ0v) is 16.2. The molecule has 0 saturated heterocycles. The van der Waals surface area contributed by atoms with E-state index in [0.717, 1.165) is 5.71 Å². The van der Waals surface area contributed by atoms with E-state index in [9.17, 15) is 14.0 Å². The van der Waals surface area contributed by atoms with Crippen LogP contribution in [0.15, 0.2) is 39.0 Å². The molecule has 1 aromatic carbocycles. The van der Waals surface area contributed by atoms with Crippen LogP contribution < -0.4 is 16.3 Å². The minimum absolute atomic E-state index is 0.163. The molecule has 1 aliphatic heterocycles. The van der Waals surface area contributed by atoms with Gasteiger partial charge in [-0.2, -0.15) is 10.1 Å². The fourth-order valence-electron chi connectivity index (χ4n) is 3.56. The van der Waals surface area contributed by atoms with Gasteiger partial charge in [0.05, 0.1) is 18.3 Å². The number of hydrazone groups is 1. The highest BCUT2D eigenvalue weighted by molar-refractivity contribution is 5.91. The molecule has 8 nitrogen and oxygen atoms in total. The number of imidazole rings is 1. The maximum absolute atomic E-state index is 14.2. The molecule has 0 spiro atoms. The van der Waals surface area contributed by atoms with E-state index < -0.39 is 5.69 Å². The van der Waals surface area contributed by atoms with E-state index in [1.807, 2.05) is 13.8 Å². The molecule has 0 N–H and O–H groups in total. The lowest BCUT2D eigenvalue weighted by molar-refractivity contribution is 0.590. The molecule has 146 valence electrons. The molecule has 9 heteroatoms. The van der Waals surface area contributed by atoms with Gasteiger partial charge in [-0.05, 0) is 26.8 Å². The molecule has 0 aliphatic carbocycles. The lowest BCUT2D eigenvalue weighted by Crippen LogP contribution is -2.40. The van der Waals surface area contributed by atoms with Crippen molar-refractivity contribution < 1.29 is 4.39 Å². The van der Waals surface area contributed by atoms with E-state index in [0.29, 0.717) is 22.7 Å². The maximum Gasteiger partial charge on any atom is 0.332 e. The molecule has 0 saturated carbocycles. The van der Waals surface area contributed by atoms with Gasteiger partial charge in [0.15, 0.2) is 11.2 Å². The predicted octanol–water partition coefficient (Wildman–Crippen LogP) is 2.01. The van der Waals surface area contributed by atoms with E-state index >= 15 is 0 Å². The van der Waals surface area contributed by atoms with Crippen molar-refractivity contribution in [1.82, 2.24) is 18.7 Å². The van der Waals surface area contributed by atoms with Gasteiger partial charge in [0.1, 0.15) is 5.82 Å². The maximum atomic E-state index is 14.2. The first kappa shape index (κ1) is 18.1. The van der Waals surface area contributed by atoms with Gasteiger partial charge in [0.25, 0.3) is 5.56 Å². The number of rotatable bonds is 3. The molecule has 4 rings (SSSR count). The van der Waals surface area contributed by atoms with Crippen molar-refractivity contribution in [2.75, 3.05) is 5.01 Å². The first-order valence-corrected chi connectivity index (χ1v) is 9.13. The van der Waals surface area contributed by atoms with Crippen molar-refractivity contribution in [2.45, 2.75) is 39.9 Å². The van der Waals surface area contributed by atoms with Crippen molar-refractivity contribution >= 4 is 22.8 Å². The van der Waals surface area contributed by atoms with Crippen LogP contribution in [0.25, 0.3) is 11.2 Å². The molecule has 0 bridgehead atoms. The largest absolute Gasteiger partial charge is 0.332 e. The van der Waals surface area contributed by atoms with Gasteiger partial charge in [-0.15, -0.1) is 0 Å². The van der Waals surface area contributed by atoms with E-state index in [2.05, 4.69) is 10.1 Å². The van der Waals surface area contributed by atoms with Crippen molar-refractivity contribution in [3.63, 3.8) is 0 Å². The molecule has 1 atom stereocenters. The molecule has 1 aliphatic rings. The molecule has 2 aromatic heterocycles. The van der Waals surface area contributed by atoms with Crippen LogP contribution in [0.2, 0.25) is 0 Å². The zero-order valence-electron chi connectivity index (χ0n) is 16.2. The Balaban J connectivity index is 1.99. The van der Waals surface area contributed by atoms with Gasteiger partial charge >= 0.3 is 5.69 Å². The molecule has 0 amide bonds. The summed E-state index contributed by atoms with van der Waals surface area (Å²) < 4.78 is 18.5. The van der Waals surface area contributed by atoms with Crippen LogP contribution in [0, 0.1) is 5.82 Å². The monoisotopic (exact) mass is 384 g/mol. The molecule has 3 aromatic rings. The average Bonchev–Trinajstić information content (AvgIpc) is 3.08. The van der Waals surface area contributed by atoms with Crippen LogP contribution in [0.5, 0.6) is 0 Å². The lowest BCUT2D eigenvalue weighted by Gasteiger charge is -2.29. The Labute approximate surface area is 160 Å². The Morgan fingerprint density at radius 3 is 2.61 bits per heavy atom. The highest BCUT2D eigenvalue weighted by atomic mass is 19.1. The van der Waals surface area contributed by atoms with Crippen molar-refractivity contribution in [2.24, 2.45) is 12.1 Å². The van der Waals surface area contributed by atoms with Gasteiger partial charge in [-0.3, -0.25) is 18.5 Å². The third-order valence-corrected chi connectivity index (χ3v) is 5.25. The van der Waals surface area contributed by atoms with Crippen molar-refractivity contribution in [3.8, 4) is 0 Å². The van der Waals surface area contributed by atoms with Gasteiger partial charge in [-0.1, -0.05) is 18.2 Å². The average molecular weight is 384 g/mol. The summed E-state index contributed by atoms with van der Waals surface area (Å²) in [6, 6.07) is 6.25. The molecular weight excluding hydrogens is 363 g/mol. The second-order valence-electron chi connectivity index (χ2n) is 6.91. The predicted molar refractivity (Wildman–Crippen MR) is 105 cm³/mol. The number of hydrogen-bond acceptors (Lipinski definition) is 5. The minimum Gasteiger partial charge on any atom is -0.294 e. The zero-order chi connectivity index (χ0) is 20.2. The fourth-order valence-corrected chi connectivity index (χ4v) is 3.56. The summed E-state index contributed by atoms with van der Waals surface area (Å²) in [4.78, 5) is 30.1. The van der Waals surface area contributed by atoms with Crippen LogP contribution in [0.4, 0.5) is 10.3 Å². The van der Waals surface area contributed by atoms with Crippen LogP contribution in [0.1, 0.15) is 32.4 Å². The van der Waals surface area contributed by atoms with Crippen molar-refractivity contribution in [3.05, 3.63) is 56.5 Å². The summed E-state index contributed by atoms with van der Waals surface area (Å²) in [5.41, 5.74) is 1.07. The number of aryl methyl sites for hydroxylation is 1. The highest BCUT2D eigenvalue weighted by Crippen LogP contribution is 2.31. The second-order valence-corrected chi connectivity index (χ2v) is 6.91. The number of nitrogens with zero attached hydrogens (tertiary/aromatic N) is 6. The first-order chi connectivity index (χ1) is 13.3. The summed E-state index contributed by atoms with van der Waals surface area (Å²) in [5.74, 6) is 0.0784. The molecule has 0 fully saturated rings. The van der Waals surface area contributed by atoms with Crippen LogP contribution in [0.3, 0.4) is 0 Å². The topological polar surface area (TPSA) is 77.4 Å². The number of benzene rings is 1. The Morgan fingerprint density at radius 2 is 1.93 bits per heavy atom. The minimum atomic E-state index is -0.415. The van der Waals surface area contributed by atoms with E-state index in [-0.39, 0.29) is 30.5 Å². The van der Waals surface area contributed by atoms with Crippen LogP contribution >= 0.6 is 0 Å². The van der Waals surface area contributed by atoms with E-state index in [1.165, 1.54) is 15.2 Å². The number of halogens is 1. The molecule has 28 heavy (non-hydrogen) atoms. The summed E-state index contributed by atoms with van der Waals surface area (Å²) >= 11 is 0. The highest BCUT2D eigenvalue weighted by Gasteiger charge is 2.30. The van der Waals surface area contributed by atoms with Crippen LogP contribution in [-0.2, 0) is 20.1 Å². The van der Waals surface area contributed by atoms with Crippen LogP contribution in [-0.4, -0.2) is 24.4 Å². The number of aromatic nitrogens is 4.